The van der Waals surface area contributed by atoms with Crippen LogP contribution in [0.4, 0.5) is 0 Å². The van der Waals surface area contributed by atoms with Gasteiger partial charge in [0.05, 0.1) is 18.9 Å². The quantitative estimate of drug-likeness (QED) is 0.636. The highest BCUT2D eigenvalue weighted by atomic mass is 32.2. The van der Waals surface area contributed by atoms with Gasteiger partial charge in [-0.15, -0.1) is 11.3 Å². The van der Waals surface area contributed by atoms with Crippen LogP contribution in [-0.4, -0.2) is 61.3 Å². The molecule has 2 heterocycles. The van der Waals surface area contributed by atoms with Crippen LogP contribution in [-0.2, 0) is 16.9 Å². The van der Waals surface area contributed by atoms with Gasteiger partial charge in [0.1, 0.15) is 10.6 Å². The van der Waals surface area contributed by atoms with Crippen LogP contribution in [0.5, 0.6) is 0 Å². The average molecular weight is 317 g/mol. The van der Waals surface area contributed by atoms with Crippen LogP contribution in [0.1, 0.15) is 10.7 Å². The van der Waals surface area contributed by atoms with Crippen molar-refractivity contribution < 1.29 is 9.84 Å². The zero-order chi connectivity index (χ0) is 14.3. The molecule has 1 aromatic heterocycles. The van der Waals surface area contributed by atoms with Gasteiger partial charge in [0.15, 0.2) is 0 Å². The minimum absolute atomic E-state index is 0.390. The first-order chi connectivity index (χ1) is 9.72. The summed E-state index contributed by atoms with van der Waals surface area (Å²) in [5.74, 6) is 0.987. The molecule has 1 aliphatic rings. The molecule has 0 aromatic carbocycles. The van der Waals surface area contributed by atoms with Gasteiger partial charge >= 0.3 is 0 Å². The monoisotopic (exact) mass is 317 g/mol. The summed E-state index contributed by atoms with van der Waals surface area (Å²) in [6, 6.07) is 0. The zero-order valence-corrected chi connectivity index (χ0v) is 13.5. The maximum absolute atomic E-state index is 10.4. The molecule has 7 heteroatoms. The van der Waals surface area contributed by atoms with Crippen LogP contribution in [0.25, 0.3) is 0 Å². The van der Waals surface area contributed by atoms with E-state index in [9.17, 15) is 5.11 Å². The van der Waals surface area contributed by atoms with Gasteiger partial charge in [-0.3, -0.25) is 0 Å². The predicted octanol–water partition coefficient (Wildman–Crippen LogP) is 0.489. The largest absolute Gasteiger partial charge is 0.385 e. The molecular formula is C13H23N3O2S2. The van der Waals surface area contributed by atoms with Crippen molar-refractivity contribution in [1.82, 2.24) is 15.6 Å². The third-order valence-corrected chi connectivity index (χ3v) is 4.77. The van der Waals surface area contributed by atoms with Crippen LogP contribution >= 0.6 is 23.1 Å². The Hall–Kier alpha value is -0.180. The van der Waals surface area contributed by atoms with Crippen molar-refractivity contribution in [3.63, 3.8) is 0 Å². The molecular weight excluding hydrogens is 294 g/mol. The van der Waals surface area contributed by atoms with Crippen LogP contribution in [0.2, 0.25) is 0 Å². The highest BCUT2D eigenvalue weighted by molar-refractivity contribution is 7.97. The van der Waals surface area contributed by atoms with Crippen LogP contribution in [0.15, 0.2) is 5.38 Å². The summed E-state index contributed by atoms with van der Waals surface area (Å²) in [4.78, 5) is 4.57. The molecule has 20 heavy (non-hydrogen) atoms. The summed E-state index contributed by atoms with van der Waals surface area (Å²) in [6.45, 7) is 3.81. The number of aliphatic hydroxyl groups is 1. The number of nitrogens with one attached hydrogen (secondary N) is 2. The van der Waals surface area contributed by atoms with E-state index in [1.807, 2.05) is 0 Å². The van der Waals surface area contributed by atoms with E-state index in [-0.39, 0.29) is 0 Å². The minimum Gasteiger partial charge on any atom is -0.385 e. The summed E-state index contributed by atoms with van der Waals surface area (Å²) >= 11 is 3.52. The number of thiazole rings is 1. The number of hydrogen-bond donors (Lipinski definition) is 3. The van der Waals surface area contributed by atoms with Crippen molar-refractivity contribution in [3.05, 3.63) is 16.1 Å². The molecule has 0 aliphatic carbocycles. The Morgan fingerprint density at radius 1 is 1.65 bits per heavy atom. The average Bonchev–Trinajstić information content (AvgIpc) is 2.76. The molecule has 0 amide bonds. The topological polar surface area (TPSA) is 66.4 Å². The standard InChI is InChI=1S/C13H23N3O2S2/c1-19-7-12-16-11(6-20-12)2-3-14-8-13(17)9-15-4-5-18-10-13/h6,14-15,17H,2-5,7-10H2,1H3/t13-/m0/s1. The van der Waals surface area contributed by atoms with Gasteiger partial charge in [-0.2, -0.15) is 11.8 Å². The first kappa shape index (κ1) is 16.2. The van der Waals surface area contributed by atoms with Crippen molar-refractivity contribution >= 4 is 23.1 Å². The molecule has 0 saturated carbocycles. The number of hydrogen-bond acceptors (Lipinski definition) is 7. The van der Waals surface area contributed by atoms with Gasteiger partial charge in [0.2, 0.25) is 0 Å². The van der Waals surface area contributed by atoms with Crippen molar-refractivity contribution in [2.45, 2.75) is 17.8 Å². The second-order valence-corrected chi connectivity index (χ2v) is 6.85. The Balaban J connectivity index is 1.67. The van der Waals surface area contributed by atoms with Crippen molar-refractivity contribution in [3.8, 4) is 0 Å². The molecule has 3 N–H and O–H groups in total. The number of aromatic nitrogens is 1. The lowest BCUT2D eigenvalue weighted by molar-refractivity contribution is -0.0260. The molecule has 114 valence electrons. The molecule has 1 fully saturated rings. The molecule has 1 aliphatic heterocycles. The number of thioether (sulfide) groups is 1. The predicted molar refractivity (Wildman–Crippen MR) is 84.5 cm³/mol. The summed E-state index contributed by atoms with van der Waals surface area (Å²) in [5.41, 5.74) is 0.330. The highest BCUT2D eigenvalue weighted by Gasteiger charge is 2.28. The van der Waals surface area contributed by atoms with Crippen molar-refractivity contribution in [1.29, 1.82) is 0 Å². The summed E-state index contributed by atoms with van der Waals surface area (Å²) in [5, 5.41) is 20.2. The Kier molecular flexibility index (Phi) is 6.73. The lowest BCUT2D eigenvalue weighted by Gasteiger charge is -2.26. The first-order valence-corrected chi connectivity index (χ1v) is 9.13. The smallest absolute Gasteiger partial charge is 0.113 e. The van der Waals surface area contributed by atoms with E-state index < -0.39 is 5.60 Å². The van der Waals surface area contributed by atoms with Gasteiger partial charge in [-0.05, 0) is 6.26 Å². The number of nitrogens with zero attached hydrogens (tertiary/aromatic N) is 1. The number of ether oxygens (including phenoxy) is 1. The van der Waals surface area contributed by atoms with Crippen LogP contribution in [0.3, 0.4) is 0 Å². The summed E-state index contributed by atoms with van der Waals surface area (Å²) in [6.07, 6.45) is 2.99. The fraction of sp³-hybridized carbons (Fsp3) is 0.769. The first-order valence-electron chi connectivity index (χ1n) is 6.86. The Morgan fingerprint density at radius 2 is 2.55 bits per heavy atom. The van der Waals surface area contributed by atoms with Gasteiger partial charge < -0.3 is 20.5 Å². The number of rotatable bonds is 7. The SMILES string of the molecule is CSCc1nc(CCNC[C@]2(O)CNCCOC2)cs1. The van der Waals surface area contributed by atoms with Gasteiger partial charge in [-0.1, -0.05) is 0 Å². The molecule has 0 spiro atoms. The van der Waals surface area contributed by atoms with E-state index in [0.29, 0.717) is 26.3 Å². The molecule has 0 bridgehead atoms. The fourth-order valence-electron chi connectivity index (χ4n) is 2.08. The lowest BCUT2D eigenvalue weighted by atomic mass is 10.1. The van der Waals surface area contributed by atoms with E-state index in [1.54, 1.807) is 23.1 Å². The second-order valence-electron chi connectivity index (χ2n) is 5.05. The lowest BCUT2D eigenvalue weighted by Crippen LogP contribution is -2.50. The van der Waals surface area contributed by atoms with Crippen LogP contribution < -0.4 is 10.6 Å². The Bertz CT molecular complexity index is 393. The minimum atomic E-state index is -0.803. The maximum atomic E-state index is 10.4. The van der Waals surface area contributed by atoms with E-state index in [1.165, 1.54) is 5.01 Å². The number of β-amino-alcohol motifs (C(OH)–C–C–N with tert-alkyl or cyclic N) is 1. The molecule has 1 aromatic rings. The molecule has 5 nitrogen and oxygen atoms in total. The highest BCUT2D eigenvalue weighted by Crippen LogP contribution is 2.15. The van der Waals surface area contributed by atoms with Crippen molar-refractivity contribution in [2.75, 3.05) is 45.6 Å². The summed E-state index contributed by atoms with van der Waals surface area (Å²) in [7, 11) is 0. The molecule has 0 unspecified atom stereocenters. The van der Waals surface area contributed by atoms with Crippen molar-refractivity contribution in [2.24, 2.45) is 0 Å². The zero-order valence-electron chi connectivity index (χ0n) is 11.9. The Morgan fingerprint density at radius 3 is 3.40 bits per heavy atom. The molecule has 0 radical (unpaired) electrons. The van der Waals surface area contributed by atoms with E-state index in [4.69, 9.17) is 4.74 Å². The Labute approximate surface area is 128 Å². The summed E-state index contributed by atoms with van der Waals surface area (Å²) < 4.78 is 5.39. The van der Waals surface area contributed by atoms with Crippen LogP contribution in [0, 0.1) is 0 Å². The fourth-order valence-corrected chi connectivity index (χ4v) is 3.63. The van der Waals surface area contributed by atoms with E-state index in [2.05, 4.69) is 27.3 Å². The maximum Gasteiger partial charge on any atom is 0.113 e. The normalized spacial score (nSPS) is 23.7. The van der Waals surface area contributed by atoms with Gasteiger partial charge in [0, 0.05) is 43.7 Å². The van der Waals surface area contributed by atoms with E-state index >= 15 is 0 Å². The molecule has 1 saturated heterocycles. The van der Waals surface area contributed by atoms with Gasteiger partial charge in [0.25, 0.3) is 0 Å². The molecule has 1 atom stereocenters. The second kappa shape index (κ2) is 8.31. The van der Waals surface area contributed by atoms with E-state index in [0.717, 1.165) is 31.0 Å². The molecule has 2 rings (SSSR count). The van der Waals surface area contributed by atoms with Gasteiger partial charge in [-0.25, -0.2) is 4.98 Å². The third kappa shape index (κ3) is 5.31. The third-order valence-electron chi connectivity index (χ3n) is 3.13.